The summed E-state index contributed by atoms with van der Waals surface area (Å²) < 4.78 is 4.94. The highest BCUT2D eigenvalue weighted by atomic mass is 32.2. The summed E-state index contributed by atoms with van der Waals surface area (Å²) >= 11 is 1.45. The van der Waals surface area contributed by atoms with Crippen LogP contribution in [0.5, 0.6) is 0 Å². The van der Waals surface area contributed by atoms with E-state index in [0.717, 1.165) is 0 Å². The first kappa shape index (κ1) is 16.1. The van der Waals surface area contributed by atoms with E-state index >= 15 is 0 Å². The highest BCUT2D eigenvalue weighted by molar-refractivity contribution is 8.00. The van der Waals surface area contributed by atoms with E-state index in [2.05, 4.69) is 0 Å². The smallest absolute Gasteiger partial charge is 0.327 e. The minimum Gasteiger partial charge on any atom is -0.480 e. The summed E-state index contributed by atoms with van der Waals surface area (Å²) in [5.74, 6) is -1.33. The van der Waals surface area contributed by atoms with Gasteiger partial charge in [0.1, 0.15) is 6.04 Å². The third-order valence-electron chi connectivity index (χ3n) is 3.89. The molecule has 21 heavy (non-hydrogen) atoms. The lowest BCUT2D eigenvalue weighted by Gasteiger charge is -2.27. The number of hydrogen-bond acceptors (Lipinski definition) is 5. The Morgan fingerprint density at radius 1 is 1.48 bits per heavy atom. The van der Waals surface area contributed by atoms with Gasteiger partial charge in [-0.2, -0.15) is 0 Å². The fraction of sp³-hybridized carbons (Fsp3) is 0.769. The number of hydrogen-bond donors (Lipinski definition) is 1. The van der Waals surface area contributed by atoms with Gasteiger partial charge in [0.15, 0.2) is 0 Å². The summed E-state index contributed by atoms with van der Waals surface area (Å²) in [5.41, 5.74) is 0. The number of ether oxygens (including phenoxy) is 1. The molecular weight excluding hydrogens is 296 g/mol. The van der Waals surface area contributed by atoms with Crippen molar-refractivity contribution in [2.75, 3.05) is 32.6 Å². The molecule has 118 valence electrons. The van der Waals surface area contributed by atoms with Crippen LogP contribution in [-0.4, -0.2) is 76.7 Å². The average Bonchev–Trinajstić information content (AvgIpc) is 2.99. The van der Waals surface area contributed by atoms with E-state index in [1.165, 1.54) is 16.7 Å². The Bertz CT molecular complexity index is 444. The molecule has 2 aliphatic heterocycles. The molecule has 2 saturated heterocycles. The lowest BCUT2D eigenvalue weighted by molar-refractivity contribution is -0.150. The van der Waals surface area contributed by atoms with Crippen molar-refractivity contribution in [3.63, 3.8) is 0 Å². The van der Waals surface area contributed by atoms with Gasteiger partial charge in [0.25, 0.3) is 0 Å². The number of likely N-dealkylation sites (tertiary alicyclic amines) is 1. The SMILES string of the molecule is COCCN1CC(C(=O)N2C(C)SCC2C(=O)O)CC1=O. The number of carboxylic acid groups (broad SMARTS) is 1. The van der Waals surface area contributed by atoms with E-state index < -0.39 is 17.9 Å². The predicted molar refractivity (Wildman–Crippen MR) is 76.8 cm³/mol. The van der Waals surface area contributed by atoms with Crippen molar-refractivity contribution >= 4 is 29.5 Å². The van der Waals surface area contributed by atoms with E-state index in [0.29, 0.717) is 25.4 Å². The fourth-order valence-corrected chi connectivity index (χ4v) is 3.91. The topological polar surface area (TPSA) is 87.2 Å². The number of methoxy groups -OCH3 is 1. The Morgan fingerprint density at radius 2 is 2.19 bits per heavy atom. The average molecular weight is 316 g/mol. The number of amides is 2. The van der Waals surface area contributed by atoms with Gasteiger partial charge in [-0.1, -0.05) is 0 Å². The number of carbonyl (C=O) groups excluding carboxylic acids is 2. The number of carboxylic acids is 1. The monoisotopic (exact) mass is 316 g/mol. The quantitative estimate of drug-likeness (QED) is 0.759. The summed E-state index contributed by atoms with van der Waals surface area (Å²) in [6, 6.07) is -0.791. The Morgan fingerprint density at radius 3 is 2.81 bits per heavy atom. The Labute approximate surface area is 127 Å². The zero-order chi connectivity index (χ0) is 15.6. The molecule has 2 amide bonds. The molecule has 0 bridgehead atoms. The van der Waals surface area contributed by atoms with Gasteiger partial charge >= 0.3 is 5.97 Å². The maximum Gasteiger partial charge on any atom is 0.327 e. The maximum absolute atomic E-state index is 12.6. The number of thioether (sulfide) groups is 1. The first-order valence-electron chi connectivity index (χ1n) is 6.89. The van der Waals surface area contributed by atoms with E-state index in [4.69, 9.17) is 4.74 Å². The second kappa shape index (κ2) is 6.65. The van der Waals surface area contributed by atoms with E-state index in [-0.39, 0.29) is 23.6 Å². The van der Waals surface area contributed by atoms with Gasteiger partial charge in [-0.25, -0.2) is 4.79 Å². The van der Waals surface area contributed by atoms with Crippen LogP contribution in [0.4, 0.5) is 0 Å². The Hall–Kier alpha value is -1.28. The van der Waals surface area contributed by atoms with Gasteiger partial charge in [0, 0.05) is 32.4 Å². The van der Waals surface area contributed by atoms with Crippen LogP contribution in [0.25, 0.3) is 0 Å². The summed E-state index contributed by atoms with van der Waals surface area (Å²) in [4.78, 5) is 38.7. The second-order valence-electron chi connectivity index (χ2n) is 5.27. The number of aliphatic carboxylic acids is 1. The second-order valence-corrected chi connectivity index (χ2v) is 6.61. The first-order valence-corrected chi connectivity index (χ1v) is 7.94. The number of carbonyl (C=O) groups is 3. The van der Waals surface area contributed by atoms with Crippen molar-refractivity contribution < 1.29 is 24.2 Å². The molecule has 2 heterocycles. The summed E-state index contributed by atoms with van der Waals surface area (Å²) in [7, 11) is 1.56. The number of nitrogens with zero attached hydrogens (tertiary/aromatic N) is 2. The molecule has 3 atom stereocenters. The molecule has 2 aliphatic rings. The fourth-order valence-electron chi connectivity index (χ4n) is 2.73. The Kier molecular flexibility index (Phi) is 5.10. The Balaban J connectivity index is 2.03. The highest BCUT2D eigenvalue weighted by Crippen LogP contribution is 2.32. The molecule has 1 N–H and O–H groups in total. The largest absolute Gasteiger partial charge is 0.480 e. The molecular formula is C13H20N2O5S. The van der Waals surface area contributed by atoms with Crippen molar-refractivity contribution in [2.45, 2.75) is 24.8 Å². The summed E-state index contributed by atoms with van der Waals surface area (Å²) in [6.45, 7) is 3.07. The minimum absolute atomic E-state index is 0.0724. The van der Waals surface area contributed by atoms with Gasteiger partial charge < -0.3 is 19.6 Å². The minimum atomic E-state index is -0.985. The molecule has 0 aliphatic carbocycles. The van der Waals surface area contributed by atoms with Crippen molar-refractivity contribution in [3.05, 3.63) is 0 Å². The summed E-state index contributed by atoms with van der Waals surface area (Å²) in [6.07, 6.45) is 0.156. The van der Waals surface area contributed by atoms with Crippen molar-refractivity contribution in [3.8, 4) is 0 Å². The summed E-state index contributed by atoms with van der Waals surface area (Å²) in [5, 5.41) is 9.05. The molecule has 2 rings (SSSR count). The van der Waals surface area contributed by atoms with Crippen LogP contribution in [0.15, 0.2) is 0 Å². The third kappa shape index (κ3) is 3.32. The third-order valence-corrected chi connectivity index (χ3v) is 5.11. The van der Waals surface area contributed by atoms with Crippen molar-refractivity contribution in [1.29, 1.82) is 0 Å². The van der Waals surface area contributed by atoms with Crippen LogP contribution in [-0.2, 0) is 19.1 Å². The molecule has 0 saturated carbocycles. The van der Waals surface area contributed by atoms with Crippen molar-refractivity contribution in [2.24, 2.45) is 5.92 Å². The highest BCUT2D eigenvalue weighted by Gasteiger charge is 2.44. The van der Waals surface area contributed by atoms with Crippen LogP contribution >= 0.6 is 11.8 Å². The normalized spacial score (nSPS) is 29.2. The van der Waals surface area contributed by atoms with Gasteiger partial charge in [0.2, 0.25) is 11.8 Å². The molecule has 3 unspecified atom stereocenters. The molecule has 0 spiro atoms. The molecule has 7 nitrogen and oxygen atoms in total. The molecule has 0 radical (unpaired) electrons. The van der Waals surface area contributed by atoms with E-state index in [9.17, 15) is 19.5 Å². The molecule has 0 aromatic carbocycles. The van der Waals surface area contributed by atoms with Crippen LogP contribution < -0.4 is 0 Å². The van der Waals surface area contributed by atoms with Crippen LogP contribution in [0.3, 0.4) is 0 Å². The predicted octanol–water partition coefficient (Wildman–Crippen LogP) is -0.144. The lowest BCUT2D eigenvalue weighted by atomic mass is 10.1. The maximum atomic E-state index is 12.6. The molecule has 8 heteroatoms. The molecule has 0 aromatic rings. The van der Waals surface area contributed by atoms with Crippen LogP contribution in [0.1, 0.15) is 13.3 Å². The molecule has 2 fully saturated rings. The first-order chi connectivity index (χ1) is 9.95. The number of rotatable bonds is 5. The van der Waals surface area contributed by atoms with Crippen molar-refractivity contribution in [1.82, 2.24) is 9.80 Å². The van der Waals surface area contributed by atoms with E-state index in [1.54, 1.807) is 12.0 Å². The lowest BCUT2D eigenvalue weighted by Crippen LogP contribution is -2.47. The van der Waals surface area contributed by atoms with Gasteiger partial charge in [-0.05, 0) is 6.92 Å². The van der Waals surface area contributed by atoms with Gasteiger partial charge in [0.05, 0.1) is 17.9 Å². The van der Waals surface area contributed by atoms with Crippen LogP contribution in [0, 0.1) is 5.92 Å². The van der Waals surface area contributed by atoms with Gasteiger partial charge in [-0.15, -0.1) is 11.8 Å². The molecule has 0 aromatic heterocycles. The van der Waals surface area contributed by atoms with Crippen LogP contribution in [0.2, 0.25) is 0 Å². The zero-order valence-electron chi connectivity index (χ0n) is 12.2. The van der Waals surface area contributed by atoms with Gasteiger partial charge in [-0.3, -0.25) is 9.59 Å². The van der Waals surface area contributed by atoms with E-state index in [1.807, 2.05) is 6.92 Å². The zero-order valence-corrected chi connectivity index (χ0v) is 13.0. The standard InChI is InChI=1S/C13H20N2O5S/c1-8-15(10(7-21-8)13(18)19)12(17)9-5-11(16)14(6-9)3-4-20-2/h8-10H,3-7H2,1-2H3,(H,18,19).